The average molecular weight is 513 g/mol. The van der Waals surface area contributed by atoms with Crippen molar-refractivity contribution in [3.05, 3.63) is 65.7 Å². The van der Waals surface area contributed by atoms with E-state index in [1.165, 1.54) is 19.1 Å². The zero-order chi connectivity index (χ0) is 27.5. The number of hydrogen-bond acceptors (Lipinski definition) is 6. The molecule has 3 amide bonds. The van der Waals surface area contributed by atoms with Gasteiger partial charge in [-0.05, 0) is 42.5 Å². The van der Waals surface area contributed by atoms with Crippen LogP contribution in [0, 0.1) is 5.92 Å². The van der Waals surface area contributed by atoms with E-state index in [9.17, 15) is 29.4 Å². The van der Waals surface area contributed by atoms with Crippen LogP contribution in [0.1, 0.15) is 38.3 Å². The summed E-state index contributed by atoms with van der Waals surface area (Å²) in [6.07, 6.45) is 0.880. The standard InChI is InChI=1S/C27H36N4O6/c1-4-16(2)23(31-25(34)21(28)14-18-8-6-5-7-9-18)26(35)29-17(3)24(33)30-22(27(36)37)15-19-10-12-20(32)13-11-19/h5-13,16-17,21-23,32H,4,14-15,28H2,1-3H3,(H,29,35)(H,30,33)(H,31,34)(H,36,37). The fourth-order valence-electron chi connectivity index (χ4n) is 3.66. The molecular weight excluding hydrogens is 476 g/mol. The lowest BCUT2D eigenvalue weighted by Gasteiger charge is -2.27. The molecule has 37 heavy (non-hydrogen) atoms. The number of carboxylic acids is 1. The molecule has 0 fully saturated rings. The van der Waals surface area contributed by atoms with Gasteiger partial charge >= 0.3 is 5.97 Å². The molecule has 5 atom stereocenters. The molecular formula is C27H36N4O6. The molecule has 0 bridgehead atoms. The predicted octanol–water partition coefficient (Wildman–Crippen LogP) is 1.11. The monoisotopic (exact) mass is 512 g/mol. The summed E-state index contributed by atoms with van der Waals surface area (Å²) in [6, 6.07) is 11.2. The molecule has 0 aliphatic rings. The summed E-state index contributed by atoms with van der Waals surface area (Å²) < 4.78 is 0. The lowest BCUT2D eigenvalue weighted by molar-refractivity contribution is -0.142. The molecule has 0 radical (unpaired) electrons. The van der Waals surface area contributed by atoms with Gasteiger partial charge in [0.05, 0.1) is 6.04 Å². The minimum absolute atomic E-state index is 0.00707. The minimum atomic E-state index is -1.24. The van der Waals surface area contributed by atoms with E-state index in [0.717, 1.165) is 5.56 Å². The quantitative estimate of drug-likeness (QED) is 0.233. The van der Waals surface area contributed by atoms with Crippen molar-refractivity contribution >= 4 is 23.7 Å². The van der Waals surface area contributed by atoms with Crippen LogP contribution in [-0.2, 0) is 32.0 Å². The van der Waals surface area contributed by atoms with Crippen molar-refractivity contribution in [2.75, 3.05) is 0 Å². The molecule has 2 rings (SSSR count). The summed E-state index contributed by atoms with van der Waals surface area (Å²) in [5.41, 5.74) is 7.56. The summed E-state index contributed by atoms with van der Waals surface area (Å²) in [5, 5.41) is 26.6. The topological polar surface area (TPSA) is 171 Å². The lowest BCUT2D eigenvalue weighted by atomic mass is 9.97. The van der Waals surface area contributed by atoms with Crippen molar-refractivity contribution in [3.63, 3.8) is 0 Å². The summed E-state index contributed by atoms with van der Waals surface area (Å²) in [5.74, 6) is -3.18. The van der Waals surface area contributed by atoms with E-state index in [4.69, 9.17) is 5.73 Å². The van der Waals surface area contributed by atoms with Gasteiger partial charge in [0.2, 0.25) is 17.7 Å². The molecule has 0 heterocycles. The van der Waals surface area contributed by atoms with Crippen LogP contribution in [0.5, 0.6) is 5.75 Å². The van der Waals surface area contributed by atoms with Gasteiger partial charge < -0.3 is 31.9 Å². The molecule has 2 aromatic rings. The van der Waals surface area contributed by atoms with E-state index in [0.29, 0.717) is 18.4 Å². The van der Waals surface area contributed by atoms with E-state index in [1.807, 2.05) is 37.3 Å². The highest BCUT2D eigenvalue weighted by atomic mass is 16.4. The molecule has 0 spiro atoms. The second-order valence-electron chi connectivity index (χ2n) is 9.17. The fraction of sp³-hybridized carbons (Fsp3) is 0.407. The fourth-order valence-corrected chi connectivity index (χ4v) is 3.66. The molecule has 200 valence electrons. The molecule has 0 saturated heterocycles. The van der Waals surface area contributed by atoms with Crippen LogP contribution in [0.3, 0.4) is 0 Å². The third kappa shape index (κ3) is 9.23. The van der Waals surface area contributed by atoms with Crippen LogP contribution in [-0.4, -0.2) is 58.1 Å². The number of nitrogens with two attached hydrogens (primary N) is 1. The van der Waals surface area contributed by atoms with Gasteiger partial charge in [-0.25, -0.2) is 4.79 Å². The molecule has 0 saturated carbocycles. The van der Waals surface area contributed by atoms with Crippen molar-refractivity contribution in [1.29, 1.82) is 0 Å². The van der Waals surface area contributed by atoms with Crippen molar-refractivity contribution in [3.8, 4) is 5.75 Å². The Morgan fingerprint density at radius 3 is 1.97 bits per heavy atom. The van der Waals surface area contributed by atoms with E-state index in [1.54, 1.807) is 19.1 Å². The third-order valence-corrected chi connectivity index (χ3v) is 6.17. The van der Waals surface area contributed by atoms with Crippen molar-refractivity contribution in [2.24, 2.45) is 11.7 Å². The summed E-state index contributed by atoms with van der Waals surface area (Å²) in [6.45, 7) is 5.11. The molecule has 2 aromatic carbocycles. The number of carboxylic acid groups (broad SMARTS) is 1. The van der Waals surface area contributed by atoms with E-state index in [2.05, 4.69) is 16.0 Å². The Hall–Kier alpha value is -3.92. The first-order valence-corrected chi connectivity index (χ1v) is 12.2. The Labute approximate surface area is 216 Å². The number of rotatable bonds is 13. The number of hydrogen-bond donors (Lipinski definition) is 6. The Morgan fingerprint density at radius 2 is 1.41 bits per heavy atom. The molecule has 0 aromatic heterocycles. The number of phenols is 1. The van der Waals surface area contributed by atoms with Gasteiger partial charge in [-0.15, -0.1) is 0 Å². The van der Waals surface area contributed by atoms with Crippen LogP contribution in [0.25, 0.3) is 0 Å². The van der Waals surface area contributed by atoms with Crippen LogP contribution >= 0.6 is 0 Å². The highest BCUT2D eigenvalue weighted by Crippen LogP contribution is 2.12. The maximum Gasteiger partial charge on any atom is 0.326 e. The summed E-state index contributed by atoms with van der Waals surface area (Å²) in [7, 11) is 0. The van der Waals surface area contributed by atoms with Gasteiger partial charge in [-0.2, -0.15) is 0 Å². The lowest BCUT2D eigenvalue weighted by Crippen LogP contribution is -2.58. The highest BCUT2D eigenvalue weighted by Gasteiger charge is 2.31. The van der Waals surface area contributed by atoms with E-state index >= 15 is 0 Å². The normalized spacial score (nSPS) is 14.9. The number of aliphatic carboxylic acids is 1. The Kier molecular flexibility index (Phi) is 11.1. The summed E-state index contributed by atoms with van der Waals surface area (Å²) in [4.78, 5) is 50.2. The second-order valence-corrected chi connectivity index (χ2v) is 9.17. The molecule has 5 unspecified atom stereocenters. The maximum atomic E-state index is 13.0. The molecule has 10 nitrogen and oxygen atoms in total. The van der Waals surface area contributed by atoms with Crippen LogP contribution in [0.4, 0.5) is 0 Å². The minimum Gasteiger partial charge on any atom is -0.508 e. The van der Waals surface area contributed by atoms with Crippen LogP contribution in [0.2, 0.25) is 0 Å². The number of aromatic hydroxyl groups is 1. The first-order valence-electron chi connectivity index (χ1n) is 12.2. The van der Waals surface area contributed by atoms with Gasteiger partial charge in [0.25, 0.3) is 0 Å². The van der Waals surface area contributed by atoms with Crippen molar-refractivity contribution < 1.29 is 29.4 Å². The van der Waals surface area contributed by atoms with Gasteiger partial charge in [-0.3, -0.25) is 14.4 Å². The van der Waals surface area contributed by atoms with Gasteiger partial charge in [-0.1, -0.05) is 62.7 Å². The zero-order valence-electron chi connectivity index (χ0n) is 21.3. The number of carbonyl (C=O) groups is 4. The van der Waals surface area contributed by atoms with Crippen molar-refractivity contribution in [1.82, 2.24) is 16.0 Å². The number of nitrogens with one attached hydrogen (secondary N) is 3. The molecule has 10 heteroatoms. The predicted molar refractivity (Wildman–Crippen MR) is 138 cm³/mol. The van der Waals surface area contributed by atoms with E-state index in [-0.39, 0.29) is 18.1 Å². The largest absolute Gasteiger partial charge is 0.508 e. The zero-order valence-corrected chi connectivity index (χ0v) is 21.3. The van der Waals surface area contributed by atoms with Gasteiger partial charge in [0.1, 0.15) is 23.9 Å². The van der Waals surface area contributed by atoms with Crippen LogP contribution < -0.4 is 21.7 Å². The SMILES string of the molecule is CCC(C)C(NC(=O)C(N)Cc1ccccc1)C(=O)NC(C)C(=O)NC(Cc1ccc(O)cc1)C(=O)O. The van der Waals surface area contributed by atoms with Crippen LogP contribution in [0.15, 0.2) is 54.6 Å². The Morgan fingerprint density at radius 1 is 0.811 bits per heavy atom. The molecule has 0 aliphatic heterocycles. The maximum absolute atomic E-state index is 13.0. The van der Waals surface area contributed by atoms with Gasteiger partial charge in [0.15, 0.2) is 0 Å². The number of carbonyl (C=O) groups excluding carboxylic acids is 3. The average Bonchev–Trinajstić information content (AvgIpc) is 2.87. The number of amides is 3. The number of benzene rings is 2. The highest BCUT2D eigenvalue weighted by molar-refractivity contribution is 5.94. The Balaban J connectivity index is 2.00. The molecule has 7 N–H and O–H groups in total. The van der Waals surface area contributed by atoms with Crippen molar-refractivity contribution in [2.45, 2.75) is 64.2 Å². The Bertz CT molecular complexity index is 1060. The first-order chi connectivity index (χ1) is 17.5. The summed E-state index contributed by atoms with van der Waals surface area (Å²) >= 11 is 0. The number of phenolic OH excluding ortho intramolecular Hbond substituents is 1. The second kappa shape index (κ2) is 14.0. The van der Waals surface area contributed by atoms with Gasteiger partial charge in [0, 0.05) is 6.42 Å². The first kappa shape index (κ1) is 29.3. The molecule has 0 aliphatic carbocycles. The smallest absolute Gasteiger partial charge is 0.326 e. The third-order valence-electron chi connectivity index (χ3n) is 6.17. The van der Waals surface area contributed by atoms with E-state index < -0.39 is 47.9 Å².